The van der Waals surface area contributed by atoms with Crippen molar-refractivity contribution < 1.29 is 9.66 Å². The molecule has 0 saturated heterocycles. The summed E-state index contributed by atoms with van der Waals surface area (Å²) in [6, 6.07) is 4.50. The zero-order valence-corrected chi connectivity index (χ0v) is 7.69. The molecule has 15 heavy (non-hydrogen) atoms. The molecule has 0 aromatic heterocycles. The van der Waals surface area contributed by atoms with Gasteiger partial charge in [-0.2, -0.15) is 5.26 Å². The number of nitro benzene ring substituents is 1. The van der Waals surface area contributed by atoms with Gasteiger partial charge in [0.1, 0.15) is 24.0 Å². The van der Waals surface area contributed by atoms with E-state index >= 15 is 0 Å². The summed E-state index contributed by atoms with van der Waals surface area (Å²) in [5.41, 5.74) is 0.445. The normalized spacial score (nSPS) is 13.0. The number of nitriles is 1. The molecule has 1 aliphatic rings. The summed E-state index contributed by atoms with van der Waals surface area (Å²) < 4.78 is 5.24. The molecule has 1 aromatic carbocycles. The van der Waals surface area contributed by atoms with Crippen LogP contribution in [0.4, 0.5) is 11.4 Å². The molecule has 1 aliphatic heterocycles. The minimum atomic E-state index is -0.587. The van der Waals surface area contributed by atoms with Gasteiger partial charge in [0.05, 0.1) is 16.7 Å². The Kier molecular flexibility index (Phi) is 2.14. The maximum Gasteiger partial charge on any atom is 0.290 e. The Morgan fingerprint density at radius 1 is 1.60 bits per heavy atom. The smallest absolute Gasteiger partial charge is 0.290 e. The number of fused-ring (bicyclic) bond motifs is 1. The lowest BCUT2D eigenvalue weighted by molar-refractivity contribution is -0.385. The Labute approximate surface area is 85.2 Å². The SMILES string of the molecule is N#Cc1cc2c(cc1[N+](=O)[O-])OCCN2. The van der Waals surface area contributed by atoms with E-state index in [-0.39, 0.29) is 11.3 Å². The molecule has 0 amide bonds. The van der Waals surface area contributed by atoms with Crippen molar-refractivity contribution in [3.63, 3.8) is 0 Å². The number of nitrogens with one attached hydrogen (secondary N) is 1. The molecule has 6 nitrogen and oxygen atoms in total. The molecule has 0 unspecified atom stereocenters. The van der Waals surface area contributed by atoms with Crippen LogP contribution in [-0.2, 0) is 0 Å². The van der Waals surface area contributed by atoms with Gasteiger partial charge in [0, 0.05) is 6.54 Å². The molecule has 0 bridgehead atoms. The van der Waals surface area contributed by atoms with Gasteiger partial charge in [0.2, 0.25) is 0 Å². The monoisotopic (exact) mass is 205 g/mol. The average molecular weight is 205 g/mol. The van der Waals surface area contributed by atoms with Crippen molar-refractivity contribution >= 4 is 11.4 Å². The van der Waals surface area contributed by atoms with E-state index in [2.05, 4.69) is 5.32 Å². The van der Waals surface area contributed by atoms with Crippen LogP contribution >= 0.6 is 0 Å². The standard InChI is InChI=1S/C9H7N3O3/c10-5-6-3-7-9(15-2-1-11-7)4-8(6)12(13)14/h3-4,11H,1-2H2. The Morgan fingerprint density at radius 3 is 3.07 bits per heavy atom. The second-order valence-electron chi connectivity index (χ2n) is 3.01. The predicted octanol–water partition coefficient (Wildman–Crippen LogP) is 1.27. The van der Waals surface area contributed by atoms with Crippen molar-refractivity contribution in [1.29, 1.82) is 5.26 Å². The van der Waals surface area contributed by atoms with Gasteiger partial charge in [-0.3, -0.25) is 10.1 Å². The molecule has 2 rings (SSSR count). The van der Waals surface area contributed by atoms with Crippen LogP contribution in [0, 0.1) is 21.4 Å². The molecule has 1 aromatic rings. The first-order valence-electron chi connectivity index (χ1n) is 4.31. The van der Waals surface area contributed by atoms with E-state index < -0.39 is 4.92 Å². The highest BCUT2D eigenvalue weighted by Gasteiger charge is 2.20. The fourth-order valence-electron chi connectivity index (χ4n) is 1.41. The number of hydrogen-bond acceptors (Lipinski definition) is 5. The molecule has 76 valence electrons. The molecule has 6 heteroatoms. The lowest BCUT2D eigenvalue weighted by Crippen LogP contribution is -2.18. The van der Waals surface area contributed by atoms with Crippen LogP contribution in [0.2, 0.25) is 0 Å². The van der Waals surface area contributed by atoms with Crippen LogP contribution in [0.15, 0.2) is 12.1 Å². The van der Waals surface area contributed by atoms with Crippen LogP contribution in [0.1, 0.15) is 5.56 Å². The Balaban J connectivity index is 2.57. The quantitative estimate of drug-likeness (QED) is 0.550. The van der Waals surface area contributed by atoms with Crippen molar-refractivity contribution in [1.82, 2.24) is 0 Å². The van der Waals surface area contributed by atoms with Crippen LogP contribution < -0.4 is 10.1 Å². The van der Waals surface area contributed by atoms with Crippen LogP contribution in [0.3, 0.4) is 0 Å². The molecular formula is C9H7N3O3. The highest BCUT2D eigenvalue weighted by molar-refractivity contribution is 5.67. The molecule has 1 N–H and O–H groups in total. The van der Waals surface area contributed by atoms with Crippen molar-refractivity contribution in [3.05, 3.63) is 27.8 Å². The molecule has 0 radical (unpaired) electrons. The van der Waals surface area contributed by atoms with E-state index in [1.54, 1.807) is 6.07 Å². The number of anilines is 1. The van der Waals surface area contributed by atoms with Crippen LogP contribution in [0.5, 0.6) is 5.75 Å². The van der Waals surface area contributed by atoms with E-state index in [1.165, 1.54) is 12.1 Å². The van der Waals surface area contributed by atoms with Gasteiger partial charge in [0.25, 0.3) is 5.69 Å². The number of rotatable bonds is 1. The van der Waals surface area contributed by atoms with Gasteiger partial charge in [-0.15, -0.1) is 0 Å². The third kappa shape index (κ3) is 1.55. The second kappa shape index (κ2) is 3.46. The third-order valence-electron chi connectivity index (χ3n) is 2.09. The summed E-state index contributed by atoms with van der Waals surface area (Å²) in [7, 11) is 0. The molecule has 0 fully saturated rings. The highest BCUT2D eigenvalue weighted by atomic mass is 16.6. The third-order valence-corrected chi connectivity index (χ3v) is 2.09. The summed E-state index contributed by atoms with van der Waals surface area (Å²) in [4.78, 5) is 10.1. The van der Waals surface area contributed by atoms with E-state index in [1.807, 2.05) is 0 Å². The largest absolute Gasteiger partial charge is 0.489 e. The summed E-state index contributed by atoms with van der Waals surface area (Å²) in [6.45, 7) is 1.10. The fourth-order valence-corrected chi connectivity index (χ4v) is 1.41. The Hall–Kier alpha value is -2.29. The fraction of sp³-hybridized carbons (Fsp3) is 0.222. The number of ether oxygens (including phenoxy) is 1. The molecule has 0 atom stereocenters. The van der Waals surface area contributed by atoms with E-state index in [0.29, 0.717) is 24.6 Å². The van der Waals surface area contributed by atoms with Gasteiger partial charge >= 0.3 is 0 Å². The van der Waals surface area contributed by atoms with Gasteiger partial charge < -0.3 is 10.1 Å². The average Bonchev–Trinajstić information content (AvgIpc) is 2.27. The summed E-state index contributed by atoms with van der Waals surface area (Å²) in [5, 5.41) is 22.4. The maximum absolute atomic E-state index is 10.6. The number of nitro groups is 1. The van der Waals surface area contributed by atoms with Crippen molar-refractivity contribution in [2.75, 3.05) is 18.5 Å². The summed E-state index contributed by atoms with van der Waals surface area (Å²) in [5.74, 6) is 0.423. The first kappa shape index (κ1) is 9.27. The van der Waals surface area contributed by atoms with Crippen LogP contribution in [0.25, 0.3) is 0 Å². The molecular weight excluding hydrogens is 198 g/mol. The number of benzene rings is 1. The van der Waals surface area contributed by atoms with Gasteiger partial charge in [-0.1, -0.05) is 0 Å². The first-order valence-corrected chi connectivity index (χ1v) is 4.31. The predicted molar refractivity (Wildman–Crippen MR) is 51.8 cm³/mol. The first-order chi connectivity index (χ1) is 7.22. The van der Waals surface area contributed by atoms with Gasteiger partial charge in [0.15, 0.2) is 0 Å². The lowest BCUT2D eigenvalue weighted by Gasteiger charge is -2.18. The van der Waals surface area contributed by atoms with E-state index in [9.17, 15) is 10.1 Å². The zero-order chi connectivity index (χ0) is 10.8. The Bertz CT molecular complexity index is 464. The van der Waals surface area contributed by atoms with Crippen molar-refractivity contribution in [2.24, 2.45) is 0 Å². The Morgan fingerprint density at radius 2 is 2.40 bits per heavy atom. The zero-order valence-electron chi connectivity index (χ0n) is 7.69. The minimum Gasteiger partial charge on any atom is -0.489 e. The molecule has 1 heterocycles. The highest BCUT2D eigenvalue weighted by Crippen LogP contribution is 2.33. The summed E-state index contributed by atoms with van der Waals surface area (Å²) in [6.07, 6.45) is 0. The summed E-state index contributed by atoms with van der Waals surface area (Å²) >= 11 is 0. The topological polar surface area (TPSA) is 88.2 Å². The number of nitrogens with zero attached hydrogens (tertiary/aromatic N) is 2. The molecule has 0 aliphatic carbocycles. The number of hydrogen-bond donors (Lipinski definition) is 1. The van der Waals surface area contributed by atoms with Crippen molar-refractivity contribution in [3.8, 4) is 11.8 Å². The lowest BCUT2D eigenvalue weighted by atomic mass is 10.1. The second-order valence-corrected chi connectivity index (χ2v) is 3.01. The van der Waals surface area contributed by atoms with Gasteiger partial charge in [-0.05, 0) is 6.07 Å². The van der Waals surface area contributed by atoms with E-state index in [0.717, 1.165) is 0 Å². The molecule has 0 saturated carbocycles. The molecule has 0 spiro atoms. The van der Waals surface area contributed by atoms with Crippen molar-refractivity contribution in [2.45, 2.75) is 0 Å². The minimum absolute atomic E-state index is 0.0387. The maximum atomic E-state index is 10.6. The van der Waals surface area contributed by atoms with Crippen LogP contribution in [-0.4, -0.2) is 18.1 Å². The van der Waals surface area contributed by atoms with Gasteiger partial charge in [-0.25, -0.2) is 0 Å². The van der Waals surface area contributed by atoms with E-state index in [4.69, 9.17) is 10.00 Å².